The highest BCUT2D eigenvalue weighted by molar-refractivity contribution is 8.00. The Hall–Kier alpha value is -1.57. The van der Waals surface area contributed by atoms with Crippen molar-refractivity contribution >= 4 is 61.4 Å². The first kappa shape index (κ1) is 21.7. The lowest BCUT2D eigenvalue weighted by molar-refractivity contribution is -0.137. The Morgan fingerprint density at radius 2 is 2.04 bits per heavy atom. The van der Waals surface area contributed by atoms with Crippen LogP contribution in [0.25, 0.3) is 0 Å². The molecule has 0 spiro atoms. The van der Waals surface area contributed by atoms with E-state index in [9.17, 15) is 26.4 Å². The quantitative estimate of drug-likeness (QED) is 0.525. The first-order valence-corrected chi connectivity index (χ1v) is 11.2. The molecule has 1 N–H and O–H groups in total. The fourth-order valence-corrected chi connectivity index (χ4v) is 4.18. The van der Waals surface area contributed by atoms with Gasteiger partial charge in [-0.1, -0.05) is 34.7 Å². The van der Waals surface area contributed by atoms with Crippen LogP contribution < -0.4 is 9.62 Å². The number of nitrogens with one attached hydrogen (secondary N) is 1. The summed E-state index contributed by atoms with van der Waals surface area (Å²) < 4.78 is 64.2. The van der Waals surface area contributed by atoms with Crippen LogP contribution in [0.1, 0.15) is 5.56 Å². The molecule has 1 heterocycles. The number of sulfonamides is 1. The molecule has 0 bridgehead atoms. The van der Waals surface area contributed by atoms with E-state index in [1.54, 1.807) is 6.26 Å². The number of rotatable bonds is 6. The maximum atomic E-state index is 13.0. The number of nitrogens with zero attached hydrogens (tertiary/aromatic N) is 3. The fraction of sp³-hybridized carbons (Fsp3) is 0.308. The fourth-order valence-electron chi connectivity index (χ4n) is 1.92. The van der Waals surface area contributed by atoms with Gasteiger partial charge in [0.25, 0.3) is 0 Å². The molecule has 7 nitrogen and oxygen atoms in total. The van der Waals surface area contributed by atoms with Gasteiger partial charge in [0.1, 0.15) is 6.54 Å². The molecule has 0 unspecified atom stereocenters. The van der Waals surface area contributed by atoms with Crippen LogP contribution in [0.3, 0.4) is 0 Å². The summed E-state index contributed by atoms with van der Waals surface area (Å²) in [7, 11) is -4.05. The van der Waals surface area contributed by atoms with Crippen molar-refractivity contribution in [3.63, 3.8) is 0 Å². The Kier molecular flexibility index (Phi) is 6.60. The number of hydrogen-bond donors (Lipinski definition) is 1. The number of anilines is 2. The third-order valence-corrected chi connectivity index (χ3v) is 6.34. The molecule has 0 aliphatic heterocycles. The molecule has 27 heavy (non-hydrogen) atoms. The summed E-state index contributed by atoms with van der Waals surface area (Å²) >= 11 is 7.93. The standard InChI is InChI=1S/C13H12ClF3N4O3S3/c1-25-12-20-19-11(26-12)18-10(22)6-21(27(2,23)24)7-3-4-9(14)8(5-7)13(15,16)17/h3-5H,6H2,1-2H3,(H,18,19,22). The maximum Gasteiger partial charge on any atom is 0.417 e. The third-order valence-electron chi connectivity index (χ3n) is 3.06. The molecule has 2 aromatic rings. The zero-order valence-corrected chi connectivity index (χ0v) is 16.9. The summed E-state index contributed by atoms with van der Waals surface area (Å²) in [5.41, 5.74) is -1.55. The minimum absolute atomic E-state index is 0.143. The number of carbonyl (C=O) groups excluding carboxylic acids is 1. The number of amides is 1. The Balaban J connectivity index is 2.30. The van der Waals surface area contributed by atoms with Crippen molar-refractivity contribution in [3.8, 4) is 0 Å². The highest BCUT2D eigenvalue weighted by Gasteiger charge is 2.34. The van der Waals surface area contributed by atoms with E-state index in [0.29, 0.717) is 14.7 Å². The van der Waals surface area contributed by atoms with Crippen molar-refractivity contribution in [2.45, 2.75) is 10.5 Å². The Morgan fingerprint density at radius 1 is 1.37 bits per heavy atom. The van der Waals surface area contributed by atoms with E-state index in [1.165, 1.54) is 11.8 Å². The van der Waals surface area contributed by atoms with Crippen molar-refractivity contribution in [2.75, 3.05) is 28.7 Å². The first-order chi connectivity index (χ1) is 12.4. The highest BCUT2D eigenvalue weighted by Crippen LogP contribution is 2.37. The Morgan fingerprint density at radius 3 is 2.56 bits per heavy atom. The van der Waals surface area contributed by atoms with E-state index in [-0.39, 0.29) is 10.8 Å². The summed E-state index contributed by atoms with van der Waals surface area (Å²) in [6.07, 6.45) is -2.24. The van der Waals surface area contributed by atoms with Crippen molar-refractivity contribution < 1.29 is 26.4 Å². The smallest absolute Gasteiger partial charge is 0.299 e. The van der Waals surface area contributed by atoms with Gasteiger partial charge in [0, 0.05) is 0 Å². The molecule has 14 heteroatoms. The van der Waals surface area contributed by atoms with E-state index in [2.05, 4.69) is 15.5 Å². The number of aromatic nitrogens is 2. The van der Waals surface area contributed by atoms with Crippen molar-refractivity contribution in [3.05, 3.63) is 28.8 Å². The molecule has 1 amide bonds. The van der Waals surface area contributed by atoms with E-state index in [4.69, 9.17) is 11.6 Å². The number of benzene rings is 1. The summed E-state index contributed by atoms with van der Waals surface area (Å²) in [6, 6.07) is 2.58. The predicted molar refractivity (Wildman–Crippen MR) is 99.0 cm³/mol. The van der Waals surface area contributed by atoms with Crippen molar-refractivity contribution in [1.29, 1.82) is 0 Å². The van der Waals surface area contributed by atoms with Gasteiger partial charge in [0.05, 0.1) is 22.5 Å². The average molecular weight is 461 g/mol. The predicted octanol–water partition coefficient (Wildman–Crippen LogP) is 3.34. The lowest BCUT2D eigenvalue weighted by Crippen LogP contribution is -2.37. The minimum Gasteiger partial charge on any atom is -0.299 e. The van der Waals surface area contributed by atoms with Gasteiger partial charge in [0.2, 0.25) is 21.1 Å². The SMILES string of the molecule is CSc1nnc(NC(=O)CN(c2ccc(Cl)c(C(F)(F)F)c2)S(C)(=O)=O)s1. The summed E-state index contributed by atoms with van der Waals surface area (Å²) in [5.74, 6) is -0.785. The van der Waals surface area contributed by atoms with Gasteiger partial charge in [-0.25, -0.2) is 8.42 Å². The lowest BCUT2D eigenvalue weighted by atomic mass is 10.2. The molecule has 0 aliphatic rings. The molecule has 0 fully saturated rings. The summed E-state index contributed by atoms with van der Waals surface area (Å²) in [5, 5.41) is 9.40. The average Bonchev–Trinajstić information content (AvgIpc) is 2.99. The number of carbonyl (C=O) groups is 1. The van der Waals surface area contributed by atoms with Gasteiger partial charge in [-0.2, -0.15) is 13.2 Å². The van der Waals surface area contributed by atoms with Gasteiger partial charge in [-0.05, 0) is 24.5 Å². The maximum absolute atomic E-state index is 13.0. The van der Waals surface area contributed by atoms with Crippen LogP contribution in [0.15, 0.2) is 22.5 Å². The van der Waals surface area contributed by atoms with Crippen LogP contribution in [0.4, 0.5) is 24.0 Å². The largest absolute Gasteiger partial charge is 0.417 e. The first-order valence-electron chi connectivity index (χ1n) is 6.93. The van der Waals surface area contributed by atoms with Crippen LogP contribution >= 0.6 is 34.7 Å². The van der Waals surface area contributed by atoms with E-state index >= 15 is 0 Å². The monoisotopic (exact) mass is 460 g/mol. The second kappa shape index (κ2) is 8.20. The normalized spacial score (nSPS) is 12.1. The second-order valence-corrected chi connectivity index (χ2v) is 9.40. The molecule has 2 rings (SSSR count). The van der Waals surface area contributed by atoms with Gasteiger partial charge in [0.15, 0.2) is 4.34 Å². The zero-order valence-electron chi connectivity index (χ0n) is 13.7. The van der Waals surface area contributed by atoms with Crippen LogP contribution in [0.2, 0.25) is 5.02 Å². The molecule has 0 atom stereocenters. The van der Waals surface area contributed by atoms with E-state index in [1.807, 2.05) is 0 Å². The number of hydrogen-bond acceptors (Lipinski definition) is 7. The number of thioether (sulfide) groups is 1. The molecular weight excluding hydrogens is 449 g/mol. The molecule has 1 aromatic carbocycles. The number of alkyl halides is 3. The third kappa shape index (κ3) is 5.70. The van der Waals surface area contributed by atoms with Crippen LogP contribution in [0.5, 0.6) is 0 Å². The van der Waals surface area contributed by atoms with Crippen LogP contribution in [-0.4, -0.2) is 43.6 Å². The molecule has 0 radical (unpaired) electrons. The van der Waals surface area contributed by atoms with Gasteiger partial charge in [-0.3, -0.25) is 14.4 Å². The second-order valence-electron chi connectivity index (χ2n) is 5.06. The minimum atomic E-state index is -4.78. The van der Waals surface area contributed by atoms with Gasteiger partial charge >= 0.3 is 6.18 Å². The molecule has 0 aliphatic carbocycles. The highest BCUT2D eigenvalue weighted by atomic mass is 35.5. The molecule has 148 valence electrons. The lowest BCUT2D eigenvalue weighted by Gasteiger charge is -2.23. The summed E-state index contributed by atoms with van der Waals surface area (Å²) in [6.45, 7) is -0.744. The molecular formula is C13H12ClF3N4O3S3. The van der Waals surface area contributed by atoms with Crippen LogP contribution in [0, 0.1) is 0 Å². The van der Waals surface area contributed by atoms with E-state index < -0.39 is 39.2 Å². The molecule has 0 saturated heterocycles. The Labute approximate surface area is 166 Å². The van der Waals surface area contributed by atoms with Gasteiger partial charge < -0.3 is 0 Å². The zero-order chi connectivity index (χ0) is 20.4. The summed E-state index contributed by atoms with van der Waals surface area (Å²) in [4.78, 5) is 12.2. The van der Waals surface area contributed by atoms with Crippen molar-refractivity contribution in [2.24, 2.45) is 0 Å². The number of halogens is 4. The van der Waals surface area contributed by atoms with Gasteiger partial charge in [-0.15, -0.1) is 10.2 Å². The molecule has 1 aromatic heterocycles. The van der Waals surface area contributed by atoms with E-state index in [0.717, 1.165) is 29.7 Å². The van der Waals surface area contributed by atoms with Crippen LogP contribution in [-0.2, 0) is 21.0 Å². The Bertz CT molecular complexity index is 950. The van der Waals surface area contributed by atoms with Crippen molar-refractivity contribution in [1.82, 2.24) is 10.2 Å². The topological polar surface area (TPSA) is 92.3 Å². The molecule has 0 saturated carbocycles.